The van der Waals surface area contributed by atoms with E-state index in [2.05, 4.69) is 51.8 Å². The van der Waals surface area contributed by atoms with Crippen LogP contribution in [0.2, 0.25) is 0 Å². The molecule has 1 aromatic heterocycles. The number of hydrogen-bond donors (Lipinski definition) is 3. The lowest BCUT2D eigenvalue weighted by Crippen LogP contribution is -2.38. The van der Waals surface area contributed by atoms with Gasteiger partial charge >= 0.3 is 0 Å². The van der Waals surface area contributed by atoms with Gasteiger partial charge in [-0.1, -0.05) is 30.3 Å². The molecule has 2 aromatic rings. The zero-order valence-electron chi connectivity index (χ0n) is 11.9. The molecule has 5 nitrogen and oxygen atoms in total. The Hall–Kier alpha value is -2.30. The van der Waals surface area contributed by atoms with E-state index < -0.39 is 0 Å². The molecule has 2 rings (SSSR count). The van der Waals surface area contributed by atoms with E-state index in [-0.39, 0.29) is 6.04 Å². The molecule has 0 amide bonds. The Bertz CT molecular complexity index is 518. The van der Waals surface area contributed by atoms with Crippen LogP contribution in [0.3, 0.4) is 0 Å². The van der Waals surface area contributed by atoms with E-state index in [0.717, 1.165) is 18.2 Å². The van der Waals surface area contributed by atoms with E-state index >= 15 is 0 Å². The number of nitrogens with zero attached hydrogens (tertiary/aromatic N) is 2. The lowest BCUT2D eigenvalue weighted by molar-refractivity contribution is 0.685. The maximum absolute atomic E-state index is 4.54. The van der Waals surface area contributed by atoms with Gasteiger partial charge in [0.2, 0.25) is 0 Å². The van der Waals surface area contributed by atoms with Crippen molar-refractivity contribution in [3.8, 4) is 0 Å². The molecule has 1 heterocycles. The van der Waals surface area contributed by atoms with Crippen molar-refractivity contribution in [3.05, 3.63) is 53.9 Å². The second-order valence-electron chi connectivity index (χ2n) is 4.55. The van der Waals surface area contributed by atoms with Crippen LogP contribution in [0, 0.1) is 0 Å². The maximum atomic E-state index is 4.54. The van der Waals surface area contributed by atoms with Crippen molar-refractivity contribution in [2.24, 2.45) is 4.99 Å². The first-order valence-electron chi connectivity index (χ1n) is 6.87. The largest absolute Gasteiger partial charge is 0.357 e. The molecule has 1 unspecified atom stereocenters. The standard InChI is InChI=1S/C15H21N5/c1-3-16-15(17-11-14-9-10-18-20-14)19-12(2)13-7-5-4-6-8-13/h4-10,12H,3,11H2,1-2H3,(H,18,20)(H2,16,17,19). The predicted molar refractivity (Wildman–Crippen MR) is 81.4 cm³/mol. The van der Waals surface area contributed by atoms with Crippen LogP contribution < -0.4 is 10.6 Å². The molecule has 0 aliphatic rings. The minimum atomic E-state index is 0.204. The molecular weight excluding hydrogens is 250 g/mol. The van der Waals surface area contributed by atoms with Crippen LogP contribution in [0.5, 0.6) is 0 Å². The van der Waals surface area contributed by atoms with Crippen molar-refractivity contribution in [3.63, 3.8) is 0 Å². The summed E-state index contributed by atoms with van der Waals surface area (Å²) in [5.41, 5.74) is 2.23. The highest BCUT2D eigenvalue weighted by Crippen LogP contribution is 2.10. The number of hydrogen-bond acceptors (Lipinski definition) is 2. The molecule has 0 radical (unpaired) electrons. The molecule has 0 saturated heterocycles. The smallest absolute Gasteiger partial charge is 0.192 e. The first-order valence-corrected chi connectivity index (χ1v) is 6.87. The number of aliphatic imine (C=N–C) groups is 1. The van der Waals surface area contributed by atoms with Gasteiger partial charge < -0.3 is 10.6 Å². The number of aromatic nitrogens is 2. The third-order valence-electron chi connectivity index (χ3n) is 2.96. The highest BCUT2D eigenvalue weighted by atomic mass is 15.2. The molecule has 0 aliphatic carbocycles. The van der Waals surface area contributed by atoms with Gasteiger partial charge in [-0.15, -0.1) is 0 Å². The van der Waals surface area contributed by atoms with Crippen LogP contribution in [0.1, 0.15) is 31.1 Å². The second-order valence-corrected chi connectivity index (χ2v) is 4.55. The number of H-pyrrole nitrogens is 1. The van der Waals surface area contributed by atoms with Gasteiger partial charge in [-0.3, -0.25) is 5.10 Å². The monoisotopic (exact) mass is 271 g/mol. The summed E-state index contributed by atoms with van der Waals surface area (Å²) in [6, 6.07) is 12.5. The van der Waals surface area contributed by atoms with E-state index in [1.807, 2.05) is 24.3 Å². The zero-order valence-corrected chi connectivity index (χ0v) is 11.9. The summed E-state index contributed by atoms with van der Waals surface area (Å²) in [7, 11) is 0. The van der Waals surface area contributed by atoms with Gasteiger partial charge in [-0.05, 0) is 25.5 Å². The summed E-state index contributed by atoms with van der Waals surface area (Å²) in [6.07, 6.45) is 1.73. The summed E-state index contributed by atoms with van der Waals surface area (Å²) in [5, 5.41) is 13.5. The summed E-state index contributed by atoms with van der Waals surface area (Å²) in [5.74, 6) is 0.804. The number of nitrogens with one attached hydrogen (secondary N) is 3. The average Bonchev–Trinajstić information content (AvgIpc) is 2.99. The average molecular weight is 271 g/mol. The van der Waals surface area contributed by atoms with Crippen molar-refractivity contribution in [2.75, 3.05) is 6.54 Å². The fourth-order valence-electron chi connectivity index (χ4n) is 1.89. The normalized spacial score (nSPS) is 13.0. The molecule has 1 atom stereocenters. The zero-order chi connectivity index (χ0) is 14.2. The molecular formula is C15H21N5. The Kier molecular flexibility index (Phi) is 5.17. The molecule has 3 N–H and O–H groups in total. The molecule has 0 aliphatic heterocycles. The van der Waals surface area contributed by atoms with Gasteiger partial charge in [0.25, 0.3) is 0 Å². The topological polar surface area (TPSA) is 65.1 Å². The molecule has 0 spiro atoms. The Morgan fingerprint density at radius 3 is 2.75 bits per heavy atom. The van der Waals surface area contributed by atoms with Gasteiger partial charge in [0, 0.05) is 12.7 Å². The van der Waals surface area contributed by atoms with E-state index in [0.29, 0.717) is 6.54 Å². The molecule has 0 fully saturated rings. The summed E-state index contributed by atoms with van der Waals surface area (Å²) in [6.45, 7) is 5.59. The highest BCUT2D eigenvalue weighted by Gasteiger charge is 2.06. The van der Waals surface area contributed by atoms with Crippen molar-refractivity contribution in [2.45, 2.75) is 26.4 Å². The molecule has 0 saturated carbocycles. The Balaban J connectivity index is 1.99. The van der Waals surface area contributed by atoms with Crippen LogP contribution in [0.15, 0.2) is 47.6 Å². The molecule has 1 aromatic carbocycles. The van der Waals surface area contributed by atoms with Crippen LogP contribution in [-0.4, -0.2) is 22.7 Å². The minimum Gasteiger partial charge on any atom is -0.357 e. The van der Waals surface area contributed by atoms with Gasteiger partial charge in [0.1, 0.15) is 0 Å². The lowest BCUT2D eigenvalue weighted by Gasteiger charge is -2.18. The van der Waals surface area contributed by atoms with E-state index in [1.165, 1.54) is 5.56 Å². The van der Waals surface area contributed by atoms with Crippen molar-refractivity contribution in [1.29, 1.82) is 0 Å². The van der Waals surface area contributed by atoms with Gasteiger partial charge in [-0.25, -0.2) is 4.99 Å². The first kappa shape index (κ1) is 14.1. The number of guanidine groups is 1. The Morgan fingerprint density at radius 2 is 2.10 bits per heavy atom. The number of aromatic amines is 1. The third kappa shape index (κ3) is 4.12. The number of rotatable bonds is 5. The van der Waals surface area contributed by atoms with Crippen molar-refractivity contribution in [1.82, 2.24) is 20.8 Å². The van der Waals surface area contributed by atoms with Crippen LogP contribution in [0.4, 0.5) is 0 Å². The van der Waals surface area contributed by atoms with Crippen LogP contribution in [-0.2, 0) is 6.54 Å². The molecule has 106 valence electrons. The Morgan fingerprint density at radius 1 is 1.30 bits per heavy atom. The SMILES string of the molecule is CCNC(=NCc1ccn[nH]1)NC(C)c1ccccc1. The van der Waals surface area contributed by atoms with Crippen LogP contribution in [0.25, 0.3) is 0 Å². The fourth-order valence-corrected chi connectivity index (χ4v) is 1.89. The quantitative estimate of drug-likeness (QED) is 0.577. The number of benzene rings is 1. The van der Waals surface area contributed by atoms with Crippen LogP contribution >= 0.6 is 0 Å². The first-order chi connectivity index (χ1) is 9.79. The highest BCUT2D eigenvalue weighted by molar-refractivity contribution is 5.80. The molecule has 0 bridgehead atoms. The predicted octanol–water partition coefficient (Wildman–Crippen LogP) is 2.23. The Labute approximate surface area is 119 Å². The van der Waals surface area contributed by atoms with Gasteiger partial charge in [0.15, 0.2) is 5.96 Å². The van der Waals surface area contributed by atoms with E-state index in [4.69, 9.17) is 0 Å². The van der Waals surface area contributed by atoms with Gasteiger partial charge in [0.05, 0.1) is 18.3 Å². The van der Waals surface area contributed by atoms with E-state index in [1.54, 1.807) is 6.20 Å². The van der Waals surface area contributed by atoms with Crippen molar-refractivity contribution >= 4 is 5.96 Å². The summed E-state index contributed by atoms with van der Waals surface area (Å²) < 4.78 is 0. The lowest BCUT2D eigenvalue weighted by atomic mass is 10.1. The maximum Gasteiger partial charge on any atom is 0.192 e. The fraction of sp³-hybridized carbons (Fsp3) is 0.333. The summed E-state index contributed by atoms with van der Waals surface area (Å²) >= 11 is 0. The summed E-state index contributed by atoms with van der Waals surface area (Å²) in [4.78, 5) is 4.54. The van der Waals surface area contributed by atoms with Gasteiger partial charge in [-0.2, -0.15) is 5.10 Å². The van der Waals surface area contributed by atoms with E-state index in [9.17, 15) is 0 Å². The molecule has 5 heteroatoms. The third-order valence-corrected chi connectivity index (χ3v) is 2.96. The van der Waals surface area contributed by atoms with Crippen molar-refractivity contribution < 1.29 is 0 Å². The second kappa shape index (κ2) is 7.33. The minimum absolute atomic E-state index is 0.204. The molecule has 20 heavy (non-hydrogen) atoms.